The topological polar surface area (TPSA) is 80.6 Å². The van der Waals surface area contributed by atoms with Gasteiger partial charge in [0.15, 0.2) is 5.69 Å². The Morgan fingerprint density at radius 2 is 1.93 bits per heavy atom. The van der Waals surface area contributed by atoms with Gasteiger partial charge in [-0.25, -0.2) is 4.79 Å². The van der Waals surface area contributed by atoms with Gasteiger partial charge in [0.2, 0.25) is 0 Å². The van der Waals surface area contributed by atoms with E-state index in [2.05, 4.69) is 15.2 Å². The molecule has 1 atom stereocenters. The number of carbonyl (C=O) groups is 2. The number of hydrogen-bond donors (Lipinski definition) is 0. The van der Waals surface area contributed by atoms with Gasteiger partial charge in [0.1, 0.15) is 0 Å². The SMILES string of the molecule is CCN(CC)C(=O)c1cn(C[C@@H]2CCCN(Cc3ccc(C(=O)OC)cc3)C2)nn1. The van der Waals surface area contributed by atoms with Crippen molar-refractivity contribution in [3.05, 3.63) is 47.3 Å². The van der Waals surface area contributed by atoms with Gasteiger partial charge in [-0.2, -0.15) is 0 Å². The average molecular weight is 414 g/mol. The third kappa shape index (κ3) is 5.44. The molecule has 2 heterocycles. The van der Waals surface area contributed by atoms with Crippen LogP contribution in [0.1, 0.15) is 53.1 Å². The summed E-state index contributed by atoms with van der Waals surface area (Å²) >= 11 is 0. The molecule has 162 valence electrons. The second kappa shape index (κ2) is 10.3. The van der Waals surface area contributed by atoms with Crippen molar-refractivity contribution in [2.24, 2.45) is 5.92 Å². The van der Waals surface area contributed by atoms with Gasteiger partial charge in [-0.05, 0) is 56.8 Å². The maximum atomic E-state index is 12.4. The van der Waals surface area contributed by atoms with E-state index in [0.29, 0.717) is 30.3 Å². The van der Waals surface area contributed by atoms with Crippen LogP contribution in [0.15, 0.2) is 30.5 Å². The number of piperidine rings is 1. The zero-order chi connectivity index (χ0) is 21.5. The Balaban J connectivity index is 1.55. The van der Waals surface area contributed by atoms with E-state index in [1.807, 2.05) is 38.1 Å². The highest BCUT2D eigenvalue weighted by atomic mass is 16.5. The molecule has 1 aromatic heterocycles. The Bertz CT molecular complexity index is 845. The van der Waals surface area contributed by atoms with Crippen LogP contribution < -0.4 is 0 Å². The number of rotatable bonds is 8. The first-order valence-electron chi connectivity index (χ1n) is 10.6. The van der Waals surface area contributed by atoms with Crippen molar-refractivity contribution in [2.45, 2.75) is 39.8 Å². The predicted octanol–water partition coefficient (Wildman–Crippen LogP) is 2.46. The van der Waals surface area contributed by atoms with E-state index in [-0.39, 0.29) is 11.9 Å². The monoisotopic (exact) mass is 413 g/mol. The van der Waals surface area contributed by atoms with E-state index >= 15 is 0 Å². The molecule has 0 radical (unpaired) electrons. The van der Waals surface area contributed by atoms with Crippen molar-refractivity contribution in [2.75, 3.05) is 33.3 Å². The van der Waals surface area contributed by atoms with E-state index < -0.39 is 0 Å². The molecule has 0 aliphatic carbocycles. The van der Waals surface area contributed by atoms with Crippen LogP contribution in [-0.4, -0.2) is 70.0 Å². The Labute approximate surface area is 177 Å². The molecule has 0 saturated carbocycles. The first-order valence-corrected chi connectivity index (χ1v) is 10.6. The van der Waals surface area contributed by atoms with Gasteiger partial charge in [0.25, 0.3) is 5.91 Å². The van der Waals surface area contributed by atoms with E-state index in [4.69, 9.17) is 4.74 Å². The molecule has 30 heavy (non-hydrogen) atoms. The van der Waals surface area contributed by atoms with Gasteiger partial charge in [0.05, 0.1) is 18.9 Å². The molecule has 8 heteroatoms. The number of aromatic nitrogens is 3. The van der Waals surface area contributed by atoms with Gasteiger partial charge in [-0.15, -0.1) is 5.10 Å². The number of hydrogen-bond acceptors (Lipinski definition) is 6. The summed E-state index contributed by atoms with van der Waals surface area (Å²) in [7, 11) is 1.39. The van der Waals surface area contributed by atoms with Crippen LogP contribution in [-0.2, 0) is 17.8 Å². The highest BCUT2D eigenvalue weighted by molar-refractivity contribution is 5.91. The minimum Gasteiger partial charge on any atom is -0.465 e. The molecule has 1 aliphatic rings. The smallest absolute Gasteiger partial charge is 0.337 e. The number of benzene rings is 1. The summed E-state index contributed by atoms with van der Waals surface area (Å²) in [6.45, 7) is 8.89. The molecule has 0 N–H and O–H groups in total. The standard InChI is InChI=1S/C22H31N5O3/c1-4-26(5-2)21(28)20-16-27(24-23-20)15-18-7-6-12-25(14-18)13-17-8-10-19(11-9-17)22(29)30-3/h8-11,16,18H,4-7,12-15H2,1-3H3/t18-/m1/s1. The molecule has 3 rings (SSSR count). The fourth-order valence-electron chi connectivity index (χ4n) is 3.99. The largest absolute Gasteiger partial charge is 0.465 e. The number of esters is 1. The van der Waals surface area contributed by atoms with Gasteiger partial charge >= 0.3 is 5.97 Å². The van der Waals surface area contributed by atoms with Crippen molar-refractivity contribution in [1.82, 2.24) is 24.8 Å². The number of likely N-dealkylation sites (tertiary alicyclic amines) is 1. The summed E-state index contributed by atoms with van der Waals surface area (Å²) in [5.41, 5.74) is 2.16. The quantitative estimate of drug-likeness (QED) is 0.619. The van der Waals surface area contributed by atoms with Crippen LogP contribution in [0.5, 0.6) is 0 Å². The summed E-state index contributed by atoms with van der Waals surface area (Å²) in [6, 6.07) is 7.59. The number of nitrogens with zero attached hydrogens (tertiary/aromatic N) is 5. The van der Waals surface area contributed by atoms with E-state index in [1.165, 1.54) is 12.7 Å². The number of amides is 1. The van der Waals surface area contributed by atoms with Crippen LogP contribution >= 0.6 is 0 Å². The molecule has 1 amide bonds. The molecule has 1 fully saturated rings. The zero-order valence-electron chi connectivity index (χ0n) is 18.1. The molecule has 0 bridgehead atoms. The fraction of sp³-hybridized carbons (Fsp3) is 0.545. The minimum atomic E-state index is -0.314. The van der Waals surface area contributed by atoms with Crippen molar-refractivity contribution < 1.29 is 14.3 Å². The second-order valence-corrected chi connectivity index (χ2v) is 7.74. The van der Waals surface area contributed by atoms with Crippen molar-refractivity contribution in [3.63, 3.8) is 0 Å². The first kappa shape index (κ1) is 22.0. The summed E-state index contributed by atoms with van der Waals surface area (Å²) in [6.07, 6.45) is 4.03. The summed E-state index contributed by atoms with van der Waals surface area (Å²) < 4.78 is 6.55. The first-order chi connectivity index (χ1) is 14.5. The molecule has 0 spiro atoms. The number of carbonyl (C=O) groups excluding carboxylic acids is 2. The number of ether oxygens (including phenoxy) is 1. The van der Waals surface area contributed by atoms with Crippen molar-refractivity contribution in [1.29, 1.82) is 0 Å². The Hall–Kier alpha value is -2.74. The summed E-state index contributed by atoms with van der Waals surface area (Å²) in [4.78, 5) is 28.2. The van der Waals surface area contributed by atoms with Crippen LogP contribution in [0.25, 0.3) is 0 Å². The Kier molecular flexibility index (Phi) is 7.57. The lowest BCUT2D eigenvalue weighted by Gasteiger charge is -2.32. The third-order valence-corrected chi connectivity index (χ3v) is 5.64. The van der Waals surface area contributed by atoms with Crippen LogP contribution in [0, 0.1) is 5.92 Å². The van der Waals surface area contributed by atoms with Gasteiger partial charge in [-0.1, -0.05) is 17.3 Å². The lowest BCUT2D eigenvalue weighted by atomic mass is 9.97. The molecule has 2 aromatic rings. The second-order valence-electron chi connectivity index (χ2n) is 7.74. The Morgan fingerprint density at radius 3 is 2.60 bits per heavy atom. The third-order valence-electron chi connectivity index (χ3n) is 5.64. The van der Waals surface area contributed by atoms with Gasteiger partial charge in [0, 0.05) is 32.7 Å². The summed E-state index contributed by atoms with van der Waals surface area (Å²) in [5, 5.41) is 8.27. The molecular weight excluding hydrogens is 382 g/mol. The van der Waals surface area contributed by atoms with E-state index in [0.717, 1.165) is 39.0 Å². The van der Waals surface area contributed by atoms with E-state index in [1.54, 1.807) is 15.8 Å². The molecular formula is C22H31N5O3. The van der Waals surface area contributed by atoms with Crippen molar-refractivity contribution >= 4 is 11.9 Å². The predicted molar refractivity (Wildman–Crippen MR) is 113 cm³/mol. The van der Waals surface area contributed by atoms with E-state index in [9.17, 15) is 9.59 Å². The average Bonchev–Trinajstić information content (AvgIpc) is 3.23. The molecule has 1 aromatic carbocycles. The molecule has 1 saturated heterocycles. The minimum absolute atomic E-state index is 0.0630. The van der Waals surface area contributed by atoms with Crippen LogP contribution in [0.4, 0.5) is 0 Å². The highest BCUT2D eigenvalue weighted by Gasteiger charge is 2.22. The number of methoxy groups -OCH3 is 1. The Morgan fingerprint density at radius 1 is 1.20 bits per heavy atom. The van der Waals surface area contributed by atoms with Crippen molar-refractivity contribution in [3.8, 4) is 0 Å². The van der Waals surface area contributed by atoms with Gasteiger partial charge < -0.3 is 9.64 Å². The molecule has 8 nitrogen and oxygen atoms in total. The molecule has 0 unspecified atom stereocenters. The van der Waals surface area contributed by atoms with Gasteiger partial charge in [-0.3, -0.25) is 14.4 Å². The lowest BCUT2D eigenvalue weighted by molar-refractivity contribution is 0.0600. The molecule has 1 aliphatic heterocycles. The lowest BCUT2D eigenvalue weighted by Crippen LogP contribution is -2.36. The van der Waals surface area contributed by atoms with Crippen LogP contribution in [0.2, 0.25) is 0 Å². The zero-order valence-corrected chi connectivity index (χ0v) is 18.1. The maximum absolute atomic E-state index is 12.4. The maximum Gasteiger partial charge on any atom is 0.337 e. The normalized spacial score (nSPS) is 17.0. The highest BCUT2D eigenvalue weighted by Crippen LogP contribution is 2.20. The fourth-order valence-corrected chi connectivity index (χ4v) is 3.99. The summed E-state index contributed by atoms with van der Waals surface area (Å²) in [5.74, 6) is 0.0874. The van der Waals surface area contributed by atoms with Crippen LogP contribution in [0.3, 0.4) is 0 Å².